The number of nitrogens with zero attached hydrogens (tertiary/aromatic N) is 3. The summed E-state index contributed by atoms with van der Waals surface area (Å²) in [6.45, 7) is 3.49. The van der Waals surface area contributed by atoms with Crippen LogP contribution in [0.2, 0.25) is 0 Å². The number of aryl methyl sites for hydroxylation is 2. The second-order valence-electron chi connectivity index (χ2n) is 4.92. The van der Waals surface area contributed by atoms with Gasteiger partial charge in [0, 0.05) is 17.3 Å². The molecule has 0 spiro atoms. The first kappa shape index (κ1) is 16.3. The quantitative estimate of drug-likeness (QED) is 0.811. The van der Waals surface area contributed by atoms with Gasteiger partial charge in [0.15, 0.2) is 0 Å². The summed E-state index contributed by atoms with van der Waals surface area (Å²) in [5, 5.41) is 13.3. The van der Waals surface area contributed by atoms with Crippen molar-refractivity contribution in [1.29, 1.82) is 5.26 Å². The van der Waals surface area contributed by atoms with E-state index in [1.54, 1.807) is 52.3 Å². The number of nitriles is 1. The van der Waals surface area contributed by atoms with Gasteiger partial charge in [-0.3, -0.25) is 4.79 Å². The predicted octanol–water partition coefficient (Wildman–Crippen LogP) is 2.24. The van der Waals surface area contributed by atoms with Gasteiger partial charge in [-0.15, -0.1) is 0 Å². The molecule has 6 heteroatoms. The van der Waals surface area contributed by atoms with Gasteiger partial charge in [-0.1, -0.05) is 0 Å². The van der Waals surface area contributed by atoms with Crippen LogP contribution in [0, 0.1) is 25.2 Å². The van der Waals surface area contributed by atoms with Gasteiger partial charge in [-0.2, -0.15) is 10.4 Å². The van der Waals surface area contributed by atoms with Gasteiger partial charge in [-0.05, 0) is 37.6 Å². The van der Waals surface area contributed by atoms with Crippen LogP contribution < -0.4 is 15.0 Å². The van der Waals surface area contributed by atoms with Crippen molar-refractivity contribution in [2.45, 2.75) is 13.8 Å². The van der Waals surface area contributed by atoms with Crippen molar-refractivity contribution in [3.05, 3.63) is 57.0 Å². The highest BCUT2D eigenvalue weighted by molar-refractivity contribution is 5.83. The lowest BCUT2D eigenvalue weighted by atomic mass is 10.1. The highest BCUT2D eigenvalue weighted by atomic mass is 16.5. The Kier molecular flexibility index (Phi) is 4.82. The monoisotopic (exact) mass is 311 g/mol. The molecule has 0 aliphatic rings. The Morgan fingerprint density at radius 2 is 1.96 bits per heavy atom. The second kappa shape index (κ2) is 6.79. The molecule has 0 atom stereocenters. The molecule has 0 saturated heterocycles. The molecule has 0 amide bonds. The van der Waals surface area contributed by atoms with Crippen LogP contribution in [0.1, 0.15) is 22.4 Å². The third kappa shape index (κ3) is 3.24. The Bertz CT molecular complexity index is 861. The van der Waals surface area contributed by atoms with Crippen LogP contribution >= 0.6 is 0 Å². The summed E-state index contributed by atoms with van der Waals surface area (Å²) in [4.78, 5) is 12.3. The van der Waals surface area contributed by atoms with Gasteiger partial charge in [0.05, 0.1) is 20.4 Å². The molecule has 1 aromatic heterocycles. The van der Waals surface area contributed by atoms with E-state index in [0.717, 1.165) is 0 Å². The molecule has 1 heterocycles. The number of hydrogen-bond donors (Lipinski definition) is 0. The molecule has 0 aliphatic heterocycles. The summed E-state index contributed by atoms with van der Waals surface area (Å²) >= 11 is 0. The lowest BCUT2D eigenvalue weighted by molar-refractivity contribution is 0.394. The van der Waals surface area contributed by atoms with Crippen molar-refractivity contribution in [3.8, 4) is 17.6 Å². The average Bonchev–Trinajstić information content (AvgIpc) is 2.54. The molecule has 0 N–H and O–H groups in total. The number of methoxy groups -OCH3 is 2. The highest BCUT2D eigenvalue weighted by Crippen LogP contribution is 2.23. The van der Waals surface area contributed by atoms with Crippen molar-refractivity contribution in [2.24, 2.45) is 5.10 Å². The van der Waals surface area contributed by atoms with E-state index in [1.807, 2.05) is 6.07 Å². The van der Waals surface area contributed by atoms with E-state index in [4.69, 9.17) is 14.7 Å². The molecule has 0 bridgehead atoms. The first-order valence-electron chi connectivity index (χ1n) is 6.91. The fraction of sp³-hybridized carbons (Fsp3) is 0.235. The summed E-state index contributed by atoms with van der Waals surface area (Å²) in [5.74, 6) is 1.24. The van der Waals surface area contributed by atoms with E-state index >= 15 is 0 Å². The van der Waals surface area contributed by atoms with Gasteiger partial charge in [0.1, 0.15) is 23.1 Å². The molecular formula is C17H17N3O3. The summed E-state index contributed by atoms with van der Waals surface area (Å²) in [5.41, 5.74) is 1.64. The maximum absolute atomic E-state index is 12.3. The Balaban J connectivity index is 2.50. The molecule has 1 aromatic carbocycles. The molecule has 0 unspecified atom stereocenters. The molecule has 0 aliphatic carbocycles. The Labute approximate surface area is 134 Å². The van der Waals surface area contributed by atoms with Gasteiger partial charge in [-0.25, -0.2) is 4.68 Å². The molecule has 0 saturated carbocycles. The summed E-state index contributed by atoms with van der Waals surface area (Å²) in [6.07, 6.45) is 1.52. The predicted molar refractivity (Wildman–Crippen MR) is 87.4 cm³/mol. The van der Waals surface area contributed by atoms with Crippen LogP contribution in [0.15, 0.2) is 34.2 Å². The minimum Gasteiger partial charge on any atom is -0.497 e. The molecule has 0 radical (unpaired) electrons. The fourth-order valence-electron chi connectivity index (χ4n) is 2.21. The van der Waals surface area contributed by atoms with Crippen LogP contribution in [-0.4, -0.2) is 25.1 Å². The number of benzene rings is 1. The zero-order valence-corrected chi connectivity index (χ0v) is 13.5. The maximum atomic E-state index is 12.3. The van der Waals surface area contributed by atoms with Crippen LogP contribution in [-0.2, 0) is 0 Å². The molecule has 6 nitrogen and oxygen atoms in total. The third-order valence-electron chi connectivity index (χ3n) is 3.42. The summed E-state index contributed by atoms with van der Waals surface area (Å²) in [7, 11) is 3.12. The maximum Gasteiger partial charge on any atom is 0.289 e. The van der Waals surface area contributed by atoms with Crippen molar-refractivity contribution in [3.63, 3.8) is 0 Å². The molecule has 118 valence electrons. The fourth-order valence-corrected chi connectivity index (χ4v) is 2.21. The van der Waals surface area contributed by atoms with Crippen molar-refractivity contribution in [1.82, 2.24) is 4.68 Å². The lowest BCUT2D eigenvalue weighted by Crippen LogP contribution is -2.22. The minimum absolute atomic E-state index is 0.0921. The molecule has 0 fully saturated rings. The van der Waals surface area contributed by atoms with E-state index in [0.29, 0.717) is 28.3 Å². The Morgan fingerprint density at radius 1 is 1.22 bits per heavy atom. The van der Waals surface area contributed by atoms with Gasteiger partial charge in [0.25, 0.3) is 5.56 Å². The van der Waals surface area contributed by atoms with Gasteiger partial charge < -0.3 is 9.47 Å². The van der Waals surface area contributed by atoms with Crippen LogP contribution in [0.25, 0.3) is 0 Å². The number of rotatable bonds is 4. The van der Waals surface area contributed by atoms with E-state index in [9.17, 15) is 4.79 Å². The first-order valence-corrected chi connectivity index (χ1v) is 6.91. The van der Waals surface area contributed by atoms with Crippen LogP contribution in [0.4, 0.5) is 0 Å². The topological polar surface area (TPSA) is 76.6 Å². The largest absolute Gasteiger partial charge is 0.497 e. The highest BCUT2D eigenvalue weighted by Gasteiger charge is 2.09. The minimum atomic E-state index is -0.436. The zero-order valence-electron chi connectivity index (χ0n) is 13.5. The average molecular weight is 311 g/mol. The van der Waals surface area contributed by atoms with E-state index < -0.39 is 5.56 Å². The summed E-state index contributed by atoms with van der Waals surface area (Å²) < 4.78 is 11.6. The normalized spacial score (nSPS) is 10.6. The molecule has 23 heavy (non-hydrogen) atoms. The second-order valence-corrected chi connectivity index (χ2v) is 4.92. The smallest absolute Gasteiger partial charge is 0.289 e. The standard InChI is InChI=1S/C17H17N3O3/c1-11-7-12(2)20(17(21)15(11)9-18)19-10-13-5-6-14(22-3)8-16(13)23-4/h5-8,10H,1-4H3/b19-10-. The number of pyridine rings is 1. The van der Waals surface area contributed by atoms with Gasteiger partial charge >= 0.3 is 0 Å². The Morgan fingerprint density at radius 3 is 2.57 bits per heavy atom. The number of aromatic nitrogens is 1. The molecular weight excluding hydrogens is 294 g/mol. The van der Waals surface area contributed by atoms with Crippen molar-refractivity contribution < 1.29 is 9.47 Å². The van der Waals surface area contributed by atoms with E-state index in [2.05, 4.69) is 5.10 Å². The zero-order chi connectivity index (χ0) is 17.0. The lowest BCUT2D eigenvalue weighted by Gasteiger charge is -2.08. The third-order valence-corrected chi connectivity index (χ3v) is 3.42. The first-order chi connectivity index (χ1) is 11.0. The van der Waals surface area contributed by atoms with Crippen molar-refractivity contribution >= 4 is 6.21 Å². The van der Waals surface area contributed by atoms with E-state index in [-0.39, 0.29) is 5.56 Å². The van der Waals surface area contributed by atoms with Crippen LogP contribution in [0.3, 0.4) is 0 Å². The van der Waals surface area contributed by atoms with Crippen LogP contribution in [0.5, 0.6) is 11.5 Å². The van der Waals surface area contributed by atoms with Crippen molar-refractivity contribution in [2.75, 3.05) is 14.2 Å². The summed E-state index contributed by atoms with van der Waals surface area (Å²) in [6, 6.07) is 8.95. The number of ether oxygens (including phenoxy) is 2. The molecule has 2 aromatic rings. The Hall–Kier alpha value is -3.07. The SMILES string of the molecule is COc1ccc(/C=N\n2c(C)cc(C)c(C#N)c2=O)c(OC)c1. The van der Waals surface area contributed by atoms with Gasteiger partial charge in [0.2, 0.25) is 0 Å². The number of hydrogen-bond acceptors (Lipinski definition) is 5. The van der Waals surface area contributed by atoms with E-state index in [1.165, 1.54) is 10.9 Å². The molecule has 2 rings (SSSR count).